The molecule has 120 valence electrons. The standard InChI is InChI=1S/C17H31N3O/c1-4-20-13-14(12-19-20)11-16(18-3)17(21-5-2)15-9-7-6-8-10-15/h12-13,15-18H,4-11H2,1-3H3. The summed E-state index contributed by atoms with van der Waals surface area (Å²) >= 11 is 0. The Balaban J connectivity index is 2.03. The second kappa shape index (κ2) is 8.54. The van der Waals surface area contributed by atoms with E-state index in [9.17, 15) is 0 Å². The molecule has 2 unspecified atom stereocenters. The van der Waals surface area contributed by atoms with Gasteiger partial charge >= 0.3 is 0 Å². The fourth-order valence-corrected chi connectivity index (χ4v) is 3.56. The number of likely N-dealkylation sites (N-methyl/N-ethyl adjacent to an activating group) is 1. The zero-order chi connectivity index (χ0) is 15.1. The Morgan fingerprint density at radius 3 is 2.67 bits per heavy atom. The van der Waals surface area contributed by atoms with Crippen LogP contribution in [0.1, 0.15) is 51.5 Å². The van der Waals surface area contributed by atoms with Gasteiger partial charge in [-0.15, -0.1) is 0 Å². The molecule has 2 rings (SSSR count). The molecule has 0 saturated heterocycles. The molecule has 0 bridgehead atoms. The molecule has 1 heterocycles. The van der Waals surface area contributed by atoms with E-state index in [-0.39, 0.29) is 0 Å². The van der Waals surface area contributed by atoms with E-state index in [1.165, 1.54) is 37.7 Å². The normalized spacial score (nSPS) is 19.6. The molecule has 1 aromatic rings. The highest BCUT2D eigenvalue weighted by Gasteiger charge is 2.30. The topological polar surface area (TPSA) is 39.1 Å². The van der Waals surface area contributed by atoms with E-state index < -0.39 is 0 Å². The molecule has 0 spiro atoms. The van der Waals surface area contributed by atoms with Gasteiger partial charge in [-0.1, -0.05) is 19.3 Å². The third-order valence-electron chi connectivity index (χ3n) is 4.71. The summed E-state index contributed by atoms with van der Waals surface area (Å²) in [4.78, 5) is 0. The van der Waals surface area contributed by atoms with Crippen LogP contribution in [0.4, 0.5) is 0 Å². The fraction of sp³-hybridized carbons (Fsp3) is 0.824. The monoisotopic (exact) mass is 293 g/mol. The number of hydrogen-bond acceptors (Lipinski definition) is 3. The van der Waals surface area contributed by atoms with Crippen LogP contribution < -0.4 is 5.32 Å². The molecule has 0 radical (unpaired) electrons. The Kier molecular flexibility index (Phi) is 6.71. The molecular formula is C17H31N3O. The lowest BCUT2D eigenvalue weighted by atomic mass is 9.81. The molecule has 1 fully saturated rings. The maximum Gasteiger partial charge on any atom is 0.0759 e. The molecule has 21 heavy (non-hydrogen) atoms. The van der Waals surface area contributed by atoms with E-state index in [1.807, 2.05) is 10.9 Å². The van der Waals surface area contributed by atoms with Crippen LogP contribution in [0.25, 0.3) is 0 Å². The van der Waals surface area contributed by atoms with Crippen molar-refractivity contribution in [3.05, 3.63) is 18.0 Å². The van der Waals surface area contributed by atoms with Gasteiger partial charge in [0.2, 0.25) is 0 Å². The Morgan fingerprint density at radius 1 is 1.33 bits per heavy atom. The quantitative estimate of drug-likeness (QED) is 0.801. The second-order valence-corrected chi connectivity index (χ2v) is 6.12. The minimum Gasteiger partial charge on any atom is -0.377 e. The molecular weight excluding hydrogens is 262 g/mol. The van der Waals surface area contributed by atoms with Crippen molar-refractivity contribution in [3.63, 3.8) is 0 Å². The molecule has 1 saturated carbocycles. The first-order valence-corrected chi connectivity index (χ1v) is 8.58. The van der Waals surface area contributed by atoms with E-state index in [4.69, 9.17) is 4.74 Å². The van der Waals surface area contributed by atoms with Gasteiger partial charge in [-0.3, -0.25) is 4.68 Å². The Hall–Kier alpha value is -0.870. The molecule has 4 heteroatoms. The van der Waals surface area contributed by atoms with Gasteiger partial charge < -0.3 is 10.1 Å². The van der Waals surface area contributed by atoms with Crippen molar-refractivity contribution in [2.75, 3.05) is 13.7 Å². The lowest BCUT2D eigenvalue weighted by Gasteiger charge is -2.35. The number of nitrogens with one attached hydrogen (secondary N) is 1. The summed E-state index contributed by atoms with van der Waals surface area (Å²) in [6, 6.07) is 0.377. The fourth-order valence-electron chi connectivity index (χ4n) is 3.56. The maximum atomic E-state index is 6.15. The van der Waals surface area contributed by atoms with Crippen molar-refractivity contribution in [2.24, 2.45) is 5.92 Å². The molecule has 0 amide bonds. The van der Waals surface area contributed by atoms with Crippen molar-refractivity contribution in [1.82, 2.24) is 15.1 Å². The molecule has 1 aromatic heterocycles. The molecule has 0 aromatic carbocycles. The summed E-state index contributed by atoms with van der Waals surface area (Å²) in [5.41, 5.74) is 1.30. The molecule has 4 nitrogen and oxygen atoms in total. The average Bonchev–Trinajstić information content (AvgIpc) is 2.99. The first kappa shape index (κ1) is 16.5. The number of aromatic nitrogens is 2. The number of nitrogens with zero attached hydrogens (tertiary/aromatic N) is 2. The van der Waals surface area contributed by atoms with Gasteiger partial charge in [-0.2, -0.15) is 5.10 Å². The zero-order valence-corrected chi connectivity index (χ0v) is 13.8. The van der Waals surface area contributed by atoms with E-state index in [1.54, 1.807) is 0 Å². The largest absolute Gasteiger partial charge is 0.377 e. The van der Waals surface area contributed by atoms with Crippen LogP contribution in [-0.2, 0) is 17.7 Å². The minimum atomic E-state index is 0.324. The lowest BCUT2D eigenvalue weighted by molar-refractivity contribution is -0.0159. The predicted octanol–water partition coefficient (Wildman–Crippen LogP) is 3.02. The maximum absolute atomic E-state index is 6.15. The molecule has 0 aliphatic heterocycles. The molecule has 2 atom stereocenters. The van der Waals surface area contributed by atoms with Crippen LogP contribution in [0, 0.1) is 5.92 Å². The highest BCUT2D eigenvalue weighted by molar-refractivity contribution is 5.07. The van der Waals surface area contributed by atoms with Crippen molar-refractivity contribution in [3.8, 4) is 0 Å². The minimum absolute atomic E-state index is 0.324. The van der Waals surface area contributed by atoms with Gasteiger partial charge in [0.15, 0.2) is 0 Å². The smallest absolute Gasteiger partial charge is 0.0759 e. The number of ether oxygens (including phenoxy) is 1. The third-order valence-corrected chi connectivity index (χ3v) is 4.71. The third kappa shape index (κ3) is 4.55. The first-order valence-electron chi connectivity index (χ1n) is 8.58. The van der Waals surface area contributed by atoms with Crippen LogP contribution >= 0.6 is 0 Å². The van der Waals surface area contributed by atoms with Crippen molar-refractivity contribution in [1.29, 1.82) is 0 Å². The summed E-state index contributed by atoms with van der Waals surface area (Å²) in [7, 11) is 2.06. The Bertz CT molecular complexity index is 398. The van der Waals surface area contributed by atoms with E-state index >= 15 is 0 Å². The number of aryl methyl sites for hydroxylation is 1. The van der Waals surface area contributed by atoms with E-state index in [2.05, 4.69) is 37.5 Å². The summed E-state index contributed by atoms with van der Waals surface area (Å²) < 4.78 is 8.15. The van der Waals surface area contributed by atoms with Crippen molar-refractivity contribution in [2.45, 2.75) is 71.1 Å². The van der Waals surface area contributed by atoms with Crippen molar-refractivity contribution < 1.29 is 4.74 Å². The molecule has 1 aliphatic carbocycles. The van der Waals surface area contributed by atoms with Gasteiger partial charge in [-0.25, -0.2) is 0 Å². The summed E-state index contributed by atoms with van der Waals surface area (Å²) in [5, 5.41) is 7.89. The van der Waals surface area contributed by atoms with Gasteiger partial charge in [0.1, 0.15) is 0 Å². The van der Waals surface area contributed by atoms with Gasteiger partial charge in [0.25, 0.3) is 0 Å². The summed E-state index contributed by atoms with van der Waals surface area (Å²) in [6.07, 6.45) is 12.2. The van der Waals surface area contributed by atoms with Gasteiger partial charge in [0, 0.05) is 25.4 Å². The van der Waals surface area contributed by atoms with Crippen LogP contribution in [-0.4, -0.2) is 35.6 Å². The first-order chi connectivity index (χ1) is 10.3. The Morgan fingerprint density at radius 2 is 2.10 bits per heavy atom. The van der Waals surface area contributed by atoms with E-state index in [0.29, 0.717) is 18.1 Å². The predicted molar refractivity (Wildman–Crippen MR) is 86.4 cm³/mol. The SMILES string of the molecule is CCOC(C1CCCCC1)C(Cc1cnn(CC)c1)NC. The zero-order valence-electron chi connectivity index (χ0n) is 13.8. The van der Waals surface area contributed by atoms with Crippen LogP contribution in [0.15, 0.2) is 12.4 Å². The van der Waals surface area contributed by atoms with Crippen molar-refractivity contribution >= 4 is 0 Å². The van der Waals surface area contributed by atoms with Crippen LogP contribution in [0.5, 0.6) is 0 Å². The highest BCUT2D eigenvalue weighted by atomic mass is 16.5. The lowest BCUT2D eigenvalue weighted by Crippen LogP contribution is -2.46. The highest BCUT2D eigenvalue weighted by Crippen LogP contribution is 2.30. The molecule has 1 N–H and O–H groups in total. The average molecular weight is 293 g/mol. The van der Waals surface area contributed by atoms with E-state index in [0.717, 1.165) is 19.6 Å². The van der Waals surface area contributed by atoms with Crippen LogP contribution in [0.3, 0.4) is 0 Å². The number of hydrogen-bond donors (Lipinski definition) is 1. The molecule has 1 aliphatic rings. The summed E-state index contributed by atoms with van der Waals surface area (Å²) in [6.45, 7) is 5.96. The Labute approximate surface area is 129 Å². The van der Waals surface area contributed by atoms with Gasteiger partial charge in [-0.05, 0) is 51.6 Å². The van der Waals surface area contributed by atoms with Gasteiger partial charge in [0.05, 0.1) is 12.3 Å². The second-order valence-electron chi connectivity index (χ2n) is 6.12. The summed E-state index contributed by atoms with van der Waals surface area (Å²) in [5.74, 6) is 0.706. The van der Waals surface area contributed by atoms with Crippen LogP contribution in [0.2, 0.25) is 0 Å². The number of rotatable bonds is 8.